The number of carbonyl (C=O) groups is 1. The van der Waals surface area contributed by atoms with E-state index in [-0.39, 0.29) is 13.2 Å². The van der Waals surface area contributed by atoms with E-state index in [1.807, 2.05) is 77.1 Å². The molecule has 1 aliphatic rings. The summed E-state index contributed by atoms with van der Waals surface area (Å²) in [7, 11) is -0.643. The average molecular weight is 443 g/mol. The second-order valence-corrected chi connectivity index (χ2v) is 8.97. The van der Waals surface area contributed by atoms with Crippen molar-refractivity contribution in [1.82, 2.24) is 10.3 Å². The summed E-state index contributed by atoms with van der Waals surface area (Å²) < 4.78 is 17.7. The van der Waals surface area contributed by atoms with Crippen molar-refractivity contribution in [2.75, 3.05) is 6.54 Å². The van der Waals surface area contributed by atoms with E-state index in [4.69, 9.17) is 25.6 Å². The van der Waals surface area contributed by atoms with E-state index in [1.165, 1.54) is 0 Å². The summed E-state index contributed by atoms with van der Waals surface area (Å²) in [6, 6.07) is 11.4. The number of halogens is 1. The van der Waals surface area contributed by atoms with Gasteiger partial charge in [-0.15, -0.1) is 0 Å². The zero-order chi connectivity index (χ0) is 22.6. The minimum atomic E-state index is -0.643. The Morgan fingerprint density at radius 2 is 1.84 bits per heavy atom. The highest BCUT2D eigenvalue weighted by atomic mass is 35.5. The highest BCUT2D eigenvalue weighted by molar-refractivity contribution is 6.56. The molecule has 1 saturated heterocycles. The number of ether oxygens (including phenoxy) is 1. The second-order valence-electron chi connectivity index (χ2n) is 8.62. The molecule has 0 atom stereocenters. The van der Waals surface area contributed by atoms with Gasteiger partial charge in [-0.2, -0.15) is 0 Å². The Morgan fingerprint density at radius 1 is 1.19 bits per heavy atom. The van der Waals surface area contributed by atoms with Crippen molar-refractivity contribution < 1.29 is 18.8 Å². The Kier molecular flexibility index (Phi) is 7.09. The van der Waals surface area contributed by atoms with Crippen LogP contribution in [-0.4, -0.2) is 35.9 Å². The first-order chi connectivity index (χ1) is 14.6. The summed E-state index contributed by atoms with van der Waals surface area (Å²) in [5.74, 6) is 0. The quantitative estimate of drug-likeness (QED) is 0.504. The summed E-state index contributed by atoms with van der Waals surface area (Å²) in [5.41, 5.74) is 2.30. The normalized spacial score (nSPS) is 17.5. The Morgan fingerprint density at radius 3 is 2.48 bits per heavy atom. The molecule has 6 nitrogen and oxygen atoms in total. The molecule has 1 fully saturated rings. The van der Waals surface area contributed by atoms with Gasteiger partial charge in [-0.25, -0.2) is 9.78 Å². The monoisotopic (exact) mass is 442 g/mol. The number of aryl methyl sites for hydroxylation is 1. The number of alkyl carbamates (subject to hydrolysis) is 1. The Balaban J connectivity index is 1.75. The maximum absolute atomic E-state index is 12.3. The first kappa shape index (κ1) is 23.3. The van der Waals surface area contributed by atoms with Gasteiger partial charge in [0.1, 0.15) is 11.8 Å². The number of pyridine rings is 1. The number of hydrogen-bond acceptors (Lipinski definition) is 5. The van der Waals surface area contributed by atoms with Crippen LogP contribution in [-0.2, 0) is 20.7 Å². The maximum atomic E-state index is 12.3. The van der Waals surface area contributed by atoms with Gasteiger partial charge in [0, 0.05) is 18.3 Å². The molecule has 3 rings (SSSR count). The lowest BCUT2D eigenvalue weighted by molar-refractivity contribution is 0.00578. The summed E-state index contributed by atoms with van der Waals surface area (Å²) in [4.78, 5) is 16.5. The fourth-order valence-electron chi connectivity index (χ4n) is 3.02. The number of rotatable bonds is 6. The van der Waals surface area contributed by atoms with Crippen LogP contribution in [0.2, 0.25) is 5.15 Å². The first-order valence-corrected chi connectivity index (χ1v) is 10.6. The molecule has 164 valence electrons. The molecule has 1 amide bonds. The summed E-state index contributed by atoms with van der Waals surface area (Å²) in [5, 5.41) is 3.15. The molecule has 31 heavy (non-hydrogen) atoms. The number of hydrogen-bond donors (Lipinski definition) is 1. The third-order valence-corrected chi connectivity index (χ3v) is 5.87. The lowest BCUT2D eigenvalue weighted by Crippen LogP contribution is -2.41. The standard InChI is InChI=1S/C23H28BClN2O4/c1-16-11-18(20(25)26-13-16)12-19(24-30-22(2,3)23(4,5)31-24)14-27-21(28)29-15-17-9-7-6-8-10-17/h6-13H,14-15H2,1-5H3,(H,27,28). The van der Waals surface area contributed by atoms with Gasteiger partial charge >= 0.3 is 13.2 Å². The number of benzene rings is 1. The van der Waals surface area contributed by atoms with Crippen molar-refractivity contribution in [3.8, 4) is 0 Å². The Hall–Kier alpha value is -2.35. The van der Waals surface area contributed by atoms with Crippen LogP contribution in [0.5, 0.6) is 0 Å². The maximum Gasteiger partial charge on any atom is 0.492 e. The molecule has 2 heterocycles. The number of nitrogens with one attached hydrogen (secondary N) is 1. The molecule has 1 aliphatic heterocycles. The van der Waals surface area contributed by atoms with Crippen LogP contribution in [0.25, 0.3) is 6.08 Å². The van der Waals surface area contributed by atoms with Gasteiger partial charge < -0.3 is 19.4 Å². The van der Waals surface area contributed by atoms with Crippen molar-refractivity contribution in [2.24, 2.45) is 0 Å². The molecule has 1 N–H and O–H groups in total. The zero-order valence-corrected chi connectivity index (χ0v) is 19.3. The van der Waals surface area contributed by atoms with E-state index in [9.17, 15) is 4.79 Å². The molecular weight excluding hydrogens is 415 g/mol. The lowest BCUT2D eigenvalue weighted by atomic mass is 9.77. The summed E-state index contributed by atoms with van der Waals surface area (Å²) in [6.07, 6.45) is 3.02. The molecule has 0 bridgehead atoms. The van der Waals surface area contributed by atoms with Gasteiger partial charge in [0.25, 0.3) is 0 Å². The minimum absolute atomic E-state index is 0.175. The second kappa shape index (κ2) is 9.43. The van der Waals surface area contributed by atoms with Crippen LogP contribution >= 0.6 is 11.6 Å². The molecule has 1 aromatic heterocycles. The third kappa shape index (κ3) is 5.88. The van der Waals surface area contributed by atoms with Gasteiger partial charge in [-0.3, -0.25) is 0 Å². The molecule has 2 aromatic rings. The summed E-state index contributed by atoms with van der Waals surface area (Å²) in [6.45, 7) is 10.2. The number of amides is 1. The number of nitrogens with zero attached hydrogens (tertiary/aromatic N) is 1. The fraction of sp³-hybridized carbons (Fsp3) is 0.391. The predicted octanol–water partition coefficient (Wildman–Crippen LogP) is 4.98. The van der Waals surface area contributed by atoms with Crippen LogP contribution in [0.15, 0.2) is 48.1 Å². The topological polar surface area (TPSA) is 69.7 Å². The molecule has 0 radical (unpaired) electrons. The van der Waals surface area contributed by atoms with E-state index >= 15 is 0 Å². The van der Waals surface area contributed by atoms with Crippen LogP contribution in [0.4, 0.5) is 4.79 Å². The minimum Gasteiger partial charge on any atom is -0.445 e. The van der Waals surface area contributed by atoms with Gasteiger partial charge in [0.15, 0.2) is 0 Å². The molecule has 0 aliphatic carbocycles. The number of carbonyl (C=O) groups excluding carboxylic acids is 1. The molecule has 1 aromatic carbocycles. The van der Waals surface area contributed by atoms with Crippen molar-refractivity contribution >= 4 is 30.9 Å². The molecule has 0 saturated carbocycles. The van der Waals surface area contributed by atoms with E-state index in [1.54, 1.807) is 6.20 Å². The lowest BCUT2D eigenvalue weighted by Gasteiger charge is -2.32. The highest BCUT2D eigenvalue weighted by Crippen LogP contribution is 2.39. The number of aromatic nitrogens is 1. The van der Waals surface area contributed by atoms with Crippen molar-refractivity contribution in [2.45, 2.75) is 52.4 Å². The fourth-order valence-corrected chi connectivity index (χ4v) is 3.18. The van der Waals surface area contributed by atoms with Gasteiger partial charge in [0.2, 0.25) is 0 Å². The molecule has 0 unspecified atom stereocenters. The molecular formula is C23H28BClN2O4. The molecule has 8 heteroatoms. The van der Waals surface area contributed by atoms with Crippen LogP contribution in [0, 0.1) is 6.92 Å². The van der Waals surface area contributed by atoms with Crippen molar-refractivity contribution in [1.29, 1.82) is 0 Å². The Labute approximate surface area is 189 Å². The van der Waals surface area contributed by atoms with Crippen LogP contribution < -0.4 is 5.32 Å². The van der Waals surface area contributed by atoms with E-state index in [0.29, 0.717) is 10.6 Å². The van der Waals surface area contributed by atoms with Gasteiger partial charge in [-0.05, 0) is 57.3 Å². The SMILES string of the molecule is Cc1cnc(Cl)c(C=C(CNC(=O)OCc2ccccc2)B2OC(C)(C)C(C)(C)O2)c1. The smallest absolute Gasteiger partial charge is 0.445 e. The largest absolute Gasteiger partial charge is 0.492 e. The third-order valence-electron chi connectivity index (χ3n) is 5.55. The predicted molar refractivity (Wildman–Crippen MR) is 123 cm³/mol. The van der Waals surface area contributed by atoms with Gasteiger partial charge in [0.05, 0.1) is 11.2 Å². The van der Waals surface area contributed by atoms with Crippen LogP contribution in [0.1, 0.15) is 44.4 Å². The van der Waals surface area contributed by atoms with Gasteiger partial charge in [-0.1, -0.05) is 48.0 Å². The average Bonchev–Trinajstić information content (AvgIpc) is 2.94. The van der Waals surface area contributed by atoms with Crippen molar-refractivity contribution in [3.63, 3.8) is 0 Å². The van der Waals surface area contributed by atoms with E-state index in [2.05, 4.69) is 10.3 Å². The van der Waals surface area contributed by atoms with E-state index in [0.717, 1.165) is 16.7 Å². The highest BCUT2D eigenvalue weighted by Gasteiger charge is 2.52. The first-order valence-electron chi connectivity index (χ1n) is 10.2. The summed E-state index contributed by atoms with van der Waals surface area (Å²) >= 11 is 6.29. The van der Waals surface area contributed by atoms with E-state index < -0.39 is 24.4 Å². The zero-order valence-electron chi connectivity index (χ0n) is 18.6. The Bertz CT molecular complexity index is 947. The molecule has 0 spiro atoms. The van der Waals surface area contributed by atoms with Crippen molar-refractivity contribution in [3.05, 3.63) is 69.9 Å². The van der Waals surface area contributed by atoms with Crippen LogP contribution in [0.3, 0.4) is 0 Å².